The van der Waals surface area contributed by atoms with Crippen molar-refractivity contribution in [2.24, 2.45) is 5.41 Å². The van der Waals surface area contributed by atoms with Crippen LogP contribution in [0.2, 0.25) is 0 Å². The average molecular weight is 335 g/mol. The second-order valence-electron chi connectivity index (χ2n) is 6.99. The van der Waals surface area contributed by atoms with Crippen molar-refractivity contribution in [3.05, 3.63) is 29.8 Å². The highest BCUT2D eigenvalue weighted by Gasteiger charge is 2.35. The molecule has 2 fully saturated rings. The van der Waals surface area contributed by atoms with Crippen LogP contribution in [0.3, 0.4) is 0 Å². The maximum Gasteiger partial charge on any atom is 0.254 e. The first-order valence-corrected chi connectivity index (χ1v) is 8.86. The van der Waals surface area contributed by atoms with E-state index in [0.717, 1.165) is 51.9 Å². The van der Waals surface area contributed by atoms with Crippen molar-refractivity contribution < 1.29 is 13.9 Å². The summed E-state index contributed by atoms with van der Waals surface area (Å²) in [6.45, 7) is 5.05. The zero-order chi connectivity index (χ0) is 16.8. The number of morpholine rings is 1. The Bertz CT molecular complexity index is 555. The van der Waals surface area contributed by atoms with Crippen LogP contribution in [0.15, 0.2) is 18.5 Å². The van der Waals surface area contributed by atoms with Gasteiger partial charge in [0.2, 0.25) is 0 Å². The summed E-state index contributed by atoms with van der Waals surface area (Å²) in [5.41, 5.74) is 0.164. The van der Waals surface area contributed by atoms with E-state index in [1.807, 2.05) is 0 Å². The number of aromatic nitrogens is 1. The number of hydrogen-bond acceptors (Lipinski definition) is 4. The normalized spacial score (nSPS) is 21.4. The molecule has 1 amide bonds. The van der Waals surface area contributed by atoms with E-state index in [0.29, 0.717) is 6.54 Å². The second-order valence-corrected chi connectivity index (χ2v) is 6.99. The van der Waals surface area contributed by atoms with Crippen LogP contribution in [0.5, 0.6) is 0 Å². The zero-order valence-electron chi connectivity index (χ0n) is 14.1. The summed E-state index contributed by atoms with van der Waals surface area (Å²) < 4.78 is 19.2. The van der Waals surface area contributed by atoms with Gasteiger partial charge >= 0.3 is 0 Å². The van der Waals surface area contributed by atoms with Crippen molar-refractivity contribution in [1.82, 2.24) is 15.2 Å². The van der Waals surface area contributed by atoms with Crippen LogP contribution in [0.4, 0.5) is 4.39 Å². The van der Waals surface area contributed by atoms with Gasteiger partial charge in [-0.1, -0.05) is 19.3 Å². The highest BCUT2D eigenvalue weighted by Crippen LogP contribution is 2.36. The molecule has 0 spiro atoms. The van der Waals surface area contributed by atoms with Crippen LogP contribution < -0.4 is 5.32 Å². The maximum absolute atomic E-state index is 13.7. The van der Waals surface area contributed by atoms with Gasteiger partial charge in [0.1, 0.15) is 0 Å². The summed E-state index contributed by atoms with van der Waals surface area (Å²) in [6.07, 6.45) is 8.42. The molecule has 1 saturated carbocycles. The first-order chi connectivity index (χ1) is 11.7. The second kappa shape index (κ2) is 8.03. The van der Waals surface area contributed by atoms with Crippen LogP contribution in [0, 0.1) is 11.2 Å². The molecule has 2 heterocycles. The molecule has 1 N–H and O–H groups in total. The predicted octanol–water partition coefficient (Wildman–Crippen LogP) is 2.23. The Kier molecular flexibility index (Phi) is 5.79. The fourth-order valence-corrected chi connectivity index (χ4v) is 3.85. The van der Waals surface area contributed by atoms with E-state index in [1.165, 1.54) is 31.5 Å². The minimum absolute atomic E-state index is 0.0716. The first-order valence-electron chi connectivity index (χ1n) is 8.86. The topological polar surface area (TPSA) is 54.5 Å². The molecule has 5 nitrogen and oxygen atoms in total. The molecule has 0 atom stereocenters. The number of ether oxygens (including phenoxy) is 1. The minimum atomic E-state index is -0.569. The van der Waals surface area contributed by atoms with E-state index in [-0.39, 0.29) is 16.9 Å². The first kappa shape index (κ1) is 17.3. The van der Waals surface area contributed by atoms with Crippen molar-refractivity contribution >= 4 is 5.91 Å². The number of nitrogens with zero attached hydrogens (tertiary/aromatic N) is 2. The Balaban J connectivity index is 1.63. The van der Waals surface area contributed by atoms with Crippen LogP contribution in [-0.4, -0.2) is 55.2 Å². The number of carbonyl (C=O) groups excluding carboxylic acids is 1. The lowest BCUT2D eigenvalue weighted by Gasteiger charge is -2.42. The molecule has 132 valence electrons. The van der Waals surface area contributed by atoms with Gasteiger partial charge in [0.25, 0.3) is 5.91 Å². The van der Waals surface area contributed by atoms with Crippen LogP contribution >= 0.6 is 0 Å². The Hall–Kier alpha value is -1.53. The molecule has 1 aliphatic heterocycles. The summed E-state index contributed by atoms with van der Waals surface area (Å²) in [6, 6.07) is 1.43. The van der Waals surface area contributed by atoms with Crippen LogP contribution in [-0.2, 0) is 4.74 Å². The molecule has 0 bridgehead atoms. The van der Waals surface area contributed by atoms with Gasteiger partial charge in [-0.2, -0.15) is 0 Å². The van der Waals surface area contributed by atoms with Crippen molar-refractivity contribution in [3.63, 3.8) is 0 Å². The number of amides is 1. The van der Waals surface area contributed by atoms with Gasteiger partial charge in [0.15, 0.2) is 5.82 Å². The van der Waals surface area contributed by atoms with E-state index < -0.39 is 5.82 Å². The van der Waals surface area contributed by atoms with Crippen LogP contribution in [0.1, 0.15) is 42.5 Å². The van der Waals surface area contributed by atoms with Gasteiger partial charge in [-0.25, -0.2) is 4.39 Å². The third kappa shape index (κ3) is 4.30. The lowest BCUT2D eigenvalue weighted by atomic mass is 9.73. The van der Waals surface area contributed by atoms with Gasteiger partial charge in [-0.15, -0.1) is 0 Å². The van der Waals surface area contributed by atoms with Crippen molar-refractivity contribution in [2.45, 2.75) is 32.1 Å². The molecule has 0 unspecified atom stereocenters. The Morgan fingerprint density at radius 2 is 2.04 bits per heavy atom. The predicted molar refractivity (Wildman–Crippen MR) is 89.3 cm³/mol. The minimum Gasteiger partial charge on any atom is -0.379 e. The molecule has 0 aromatic carbocycles. The van der Waals surface area contributed by atoms with Crippen LogP contribution in [0.25, 0.3) is 0 Å². The Labute approximate surface area is 142 Å². The van der Waals surface area contributed by atoms with Crippen molar-refractivity contribution in [2.75, 3.05) is 39.4 Å². The molecule has 0 radical (unpaired) electrons. The molecule has 2 aliphatic rings. The number of carbonyl (C=O) groups is 1. The average Bonchev–Trinajstić information content (AvgIpc) is 2.62. The maximum atomic E-state index is 13.7. The van der Waals surface area contributed by atoms with E-state index in [9.17, 15) is 9.18 Å². The molecular formula is C18H26FN3O2. The quantitative estimate of drug-likeness (QED) is 0.897. The third-order valence-corrected chi connectivity index (χ3v) is 5.22. The molecule has 1 aromatic heterocycles. The monoisotopic (exact) mass is 335 g/mol. The number of halogens is 1. The van der Waals surface area contributed by atoms with Gasteiger partial charge < -0.3 is 10.1 Å². The van der Waals surface area contributed by atoms with Gasteiger partial charge in [-0.3, -0.25) is 14.7 Å². The lowest BCUT2D eigenvalue weighted by Crippen LogP contribution is -2.49. The summed E-state index contributed by atoms with van der Waals surface area (Å²) in [4.78, 5) is 18.5. The van der Waals surface area contributed by atoms with Gasteiger partial charge in [-0.05, 0) is 18.9 Å². The largest absolute Gasteiger partial charge is 0.379 e. The van der Waals surface area contributed by atoms with E-state index in [2.05, 4.69) is 15.2 Å². The highest BCUT2D eigenvalue weighted by atomic mass is 19.1. The number of nitrogens with one attached hydrogen (secondary N) is 1. The SMILES string of the molecule is O=C(NCC1(CN2CCOCC2)CCCCC1)c1ccncc1F. The van der Waals surface area contributed by atoms with E-state index in [4.69, 9.17) is 4.74 Å². The Morgan fingerprint density at radius 1 is 1.29 bits per heavy atom. The third-order valence-electron chi connectivity index (χ3n) is 5.22. The van der Waals surface area contributed by atoms with Gasteiger partial charge in [0.05, 0.1) is 25.0 Å². The van der Waals surface area contributed by atoms with E-state index >= 15 is 0 Å². The summed E-state index contributed by atoms with van der Waals surface area (Å²) in [7, 11) is 0. The van der Waals surface area contributed by atoms with E-state index in [1.54, 1.807) is 0 Å². The molecular weight excluding hydrogens is 309 g/mol. The molecule has 1 aliphatic carbocycles. The summed E-state index contributed by atoms with van der Waals surface area (Å²) >= 11 is 0. The lowest BCUT2D eigenvalue weighted by molar-refractivity contribution is 0.00727. The zero-order valence-corrected chi connectivity index (χ0v) is 14.1. The number of pyridine rings is 1. The summed E-state index contributed by atoms with van der Waals surface area (Å²) in [5, 5.41) is 2.98. The number of rotatable bonds is 5. The molecule has 6 heteroatoms. The van der Waals surface area contributed by atoms with Crippen molar-refractivity contribution in [3.8, 4) is 0 Å². The highest BCUT2D eigenvalue weighted by molar-refractivity contribution is 5.94. The number of hydrogen-bond donors (Lipinski definition) is 1. The fourth-order valence-electron chi connectivity index (χ4n) is 3.85. The molecule has 1 aromatic rings. The summed E-state index contributed by atoms with van der Waals surface area (Å²) in [5.74, 6) is -0.914. The van der Waals surface area contributed by atoms with Crippen molar-refractivity contribution in [1.29, 1.82) is 0 Å². The molecule has 3 rings (SSSR count). The molecule has 24 heavy (non-hydrogen) atoms. The smallest absolute Gasteiger partial charge is 0.254 e. The molecule has 1 saturated heterocycles. The fraction of sp³-hybridized carbons (Fsp3) is 0.667. The van der Waals surface area contributed by atoms with Gasteiger partial charge in [0, 0.05) is 37.8 Å². The Morgan fingerprint density at radius 3 is 2.75 bits per heavy atom. The standard InChI is InChI=1S/C18H26FN3O2/c19-16-12-20-7-4-15(16)17(23)21-13-18(5-2-1-3-6-18)14-22-8-10-24-11-9-22/h4,7,12H,1-3,5-6,8-11,13-14H2,(H,21,23).